The van der Waals surface area contributed by atoms with Gasteiger partial charge in [0, 0.05) is 5.92 Å². The first-order chi connectivity index (χ1) is 4.95. The number of hydrogen-bond acceptors (Lipinski definition) is 3. The van der Waals surface area contributed by atoms with Gasteiger partial charge in [0.1, 0.15) is 0 Å². The first kappa shape index (κ1) is 9.61. The van der Waals surface area contributed by atoms with Gasteiger partial charge >= 0.3 is 11.9 Å². The summed E-state index contributed by atoms with van der Waals surface area (Å²) in [7, 11) is 0. The molecule has 0 aliphatic rings. The quantitative estimate of drug-likeness (QED) is 0.553. The molecule has 0 amide bonds. The summed E-state index contributed by atoms with van der Waals surface area (Å²) in [6.07, 6.45) is -0.439. The molecule has 1 atom stereocenters. The minimum Gasteiger partial charge on any atom is -0.481 e. The lowest BCUT2D eigenvalue weighted by atomic mass is 10.0. The molecule has 0 aromatic rings. The predicted octanol–water partition coefficient (Wildman–Crippen LogP) is -0.249. The summed E-state index contributed by atoms with van der Waals surface area (Å²) in [5.74, 6) is -4.77. The fraction of sp³-hybridized carbons (Fsp3) is 0.500. The van der Waals surface area contributed by atoms with E-state index in [1.54, 1.807) is 0 Å². The molecule has 5 nitrogen and oxygen atoms in total. The SMILES string of the molecule is CC(CC(=O)O)C(=O)C(=O)O. The Morgan fingerprint density at radius 1 is 1.27 bits per heavy atom. The summed E-state index contributed by atoms with van der Waals surface area (Å²) in [5.41, 5.74) is 0. The van der Waals surface area contributed by atoms with Crippen molar-refractivity contribution >= 4 is 17.7 Å². The number of hydrogen-bond donors (Lipinski definition) is 2. The third-order valence-corrected chi connectivity index (χ3v) is 1.14. The summed E-state index contributed by atoms with van der Waals surface area (Å²) in [6, 6.07) is 0. The van der Waals surface area contributed by atoms with Crippen LogP contribution in [0.1, 0.15) is 13.3 Å². The van der Waals surface area contributed by atoms with Crippen molar-refractivity contribution in [1.82, 2.24) is 0 Å². The molecule has 11 heavy (non-hydrogen) atoms. The highest BCUT2D eigenvalue weighted by atomic mass is 16.4. The lowest BCUT2D eigenvalue weighted by molar-refractivity contribution is -0.152. The predicted molar refractivity (Wildman–Crippen MR) is 34.1 cm³/mol. The largest absolute Gasteiger partial charge is 0.481 e. The van der Waals surface area contributed by atoms with Crippen LogP contribution in [0.3, 0.4) is 0 Å². The van der Waals surface area contributed by atoms with Gasteiger partial charge in [-0.1, -0.05) is 6.92 Å². The Hall–Kier alpha value is -1.39. The lowest BCUT2D eigenvalue weighted by Crippen LogP contribution is -2.23. The van der Waals surface area contributed by atoms with E-state index in [0.717, 1.165) is 0 Å². The van der Waals surface area contributed by atoms with E-state index in [0.29, 0.717) is 0 Å². The van der Waals surface area contributed by atoms with Crippen LogP contribution in [-0.4, -0.2) is 27.9 Å². The molecule has 0 bridgehead atoms. The van der Waals surface area contributed by atoms with Crippen LogP contribution in [0.4, 0.5) is 0 Å². The van der Waals surface area contributed by atoms with Crippen molar-refractivity contribution in [2.24, 2.45) is 5.92 Å². The van der Waals surface area contributed by atoms with Crippen molar-refractivity contribution in [2.45, 2.75) is 13.3 Å². The van der Waals surface area contributed by atoms with Crippen molar-refractivity contribution in [1.29, 1.82) is 0 Å². The van der Waals surface area contributed by atoms with Crippen molar-refractivity contribution < 1.29 is 24.6 Å². The maximum atomic E-state index is 10.5. The Kier molecular flexibility index (Phi) is 3.23. The van der Waals surface area contributed by atoms with Crippen LogP contribution < -0.4 is 0 Å². The zero-order valence-corrected chi connectivity index (χ0v) is 5.90. The van der Waals surface area contributed by atoms with Crippen molar-refractivity contribution in [3.8, 4) is 0 Å². The molecule has 0 spiro atoms. The van der Waals surface area contributed by atoms with E-state index in [1.807, 2.05) is 0 Å². The van der Waals surface area contributed by atoms with E-state index >= 15 is 0 Å². The average molecular weight is 160 g/mol. The number of rotatable bonds is 4. The van der Waals surface area contributed by atoms with Crippen LogP contribution in [0.2, 0.25) is 0 Å². The van der Waals surface area contributed by atoms with Crippen LogP contribution in [-0.2, 0) is 14.4 Å². The van der Waals surface area contributed by atoms with Gasteiger partial charge in [-0.3, -0.25) is 9.59 Å². The highest BCUT2D eigenvalue weighted by Crippen LogP contribution is 2.02. The first-order valence-electron chi connectivity index (χ1n) is 2.94. The Bertz CT molecular complexity index is 195. The van der Waals surface area contributed by atoms with Gasteiger partial charge in [-0.25, -0.2) is 4.79 Å². The van der Waals surface area contributed by atoms with Gasteiger partial charge in [-0.15, -0.1) is 0 Å². The summed E-state index contributed by atoms with van der Waals surface area (Å²) >= 11 is 0. The van der Waals surface area contributed by atoms with Gasteiger partial charge < -0.3 is 10.2 Å². The number of aliphatic carboxylic acids is 2. The second-order valence-electron chi connectivity index (χ2n) is 2.17. The molecule has 0 rings (SSSR count). The van der Waals surface area contributed by atoms with E-state index in [4.69, 9.17) is 10.2 Å². The van der Waals surface area contributed by atoms with Crippen LogP contribution in [0.25, 0.3) is 0 Å². The van der Waals surface area contributed by atoms with Gasteiger partial charge in [0.05, 0.1) is 6.42 Å². The molecule has 0 aliphatic heterocycles. The number of carbonyl (C=O) groups is 3. The maximum absolute atomic E-state index is 10.5. The second kappa shape index (κ2) is 3.70. The molecule has 2 N–H and O–H groups in total. The number of ketones is 1. The molecule has 0 aliphatic carbocycles. The van der Waals surface area contributed by atoms with Gasteiger partial charge in [-0.2, -0.15) is 0 Å². The Morgan fingerprint density at radius 2 is 1.73 bits per heavy atom. The fourth-order valence-electron chi connectivity index (χ4n) is 0.565. The fourth-order valence-corrected chi connectivity index (χ4v) is 0.565. The topological polar surface area (TPSA) is 91.7 Å². The molecule has 62 valence electrons. The third-order valence-electron chi connectivity index (χ3n) is 1.14. The standard InChI is InChI=1S/C6H8O5/c1-3(2-4(7)8)5(9)6(10)11/h3H,2H2,1H3,(H,7,8)(H,10,11). The zero-order valence-electron chi connectivity index (χ0n) is 5.90. The molecular weight excluding hydrogens is 152 g/mol. The van der Waals surface area contributed by atoms with E-state index in [1.165, 1.54) is 6.92 Å². The van der Waals surface area contributed by atoms with Gasteiger partial charge in [-0.05, 0) is 0 Å². The van der Waals surface area contributed by atoms with E-state index in [-0.39, 0.29) is 0 Å². The monoisotopic (exact) mass is 160 g/mol. The van der Waals surface area contributed by atoms with Gasteiger partial charge in [0.15, 0.2) is 0 Å². The second-order valence-corrected chi connectivity index (χ2v) is 2.17. The normalized spacial score (nSPS) is 12.1. The highest BCUT2D eigenvalue weighted by Gasteiger charge is 2.22. The van der Waals surface area contributed by atoms with Crippen molar-refractivity contribution in [3.63, 3.8) is 0 Å². The lowest BCUT2D eigenvalue weighted by Gasteiger charge is -2.01. The third kappa shape index (κ3) is 3.34. The highest BCUT2D eigenvalue weighted by molar-refractivity contribution is 6.33. The molecule has 5 heteroatoms. The van der Waals surface area contributed by atoms with Gasteiger partial charge in [0.25, 0.3) is 0 Å². The van der Waals surface area contributed by atoms with Crippen LogP contribution in [0.5, 0.6) is 0 Å². The van der Waals surface area contributed by atoms with Crippen LogP contribution in [0, 0.1) is 5.92 Å². The molecular formula is C6H8O5. The molecule has 0 saturated carbocycles. The first-order valence-corrected chi connectivity index (χ1v) is 2.94. The molecule has 1 unspecified atom stereocenters. The average Bonchev–Trinajstić information content (AvgIpc) is 1.84. The van der Waals surface area contributed by atoms with E-state index < -0.39 is 30.1 Å². The zero-order chi connectivity index (χ0) is 9.02. The van der Waals surface area contributed by atoms with E-state index in [9.17, 15) is 14.4 Å². The molecule has 0 radical (unpaired) electrons. The Morgan fingerprint density at radius 3 is 2.00 bits per heavy atom. The van der Waals surface area contributed by atoms with E-state index in [2.05, 4.69) is 0 Å². The number of carboxylic acid groups (broad SMARTS) is 2. The summed E-state index contributed by atoms with van der Waals surface area (Å²) in [4.78, 5) is 30.5. The smallest absolute Gasteiger partial charge is 0.372 e. The Balaban J connectivity index is 4.03. The van der Waals surface area contributed by atoms with Gasteiger partial charge in [0.2, 0.25) is 5.78 Å². The van der Waals surface area contributed by atoms with Crippen LogP contribution >= 0.6 is 0 Å². The molecule has 0 saturated heterocycles. The minimum atomic E-state index is -1.58. The molecule has 0 aromatic heterocycles. The number of carbonyl (C=O) groups excluding carboxylic acids is 1. The summed E-state index contributed by atoms with van der Waals surface area (Å²) in [6.45, 7) is 1.27. The van der Waals surface area contributed by atoms with Crippen molar-refractivity contribution in [3.05, 3.63) is 0 Å². The minimum absolute atomic E-state index is 0.439. The molecule has 0 heterocycles. The summed E-state index contributed by atoms with van der Waals surface area (Å²) < 4.78 is 0. The number of carboxylic acids is 2. The molecule has 0 fully saturated rings. The molecule has 0 aromatic carbocycles. The summed E-state index contributed by atoms with van der Waals surface area (Å²) in [5, 5.41) is 16.3. The van der Waals surface area contributed by atoms with Crippen LogP contribution in [0.15, 0.2) is 0 Å². The maximum Gasteiger partial charge on any atom is 0.372 e. The number of Topliss-reactive ketones (excluding diaryl/α,β-unsaturated/α-hetero) is 1. The van der Waals surface area contributed by atoms with Crippen molar-refractivity contribution in [2.75, 3.05) is 0 Å². The Labute approximate surface area is 62.6 Å².